The van der Waals surface area contributed by atoms with Gasteiger partial charge in [-0.25, -0.2) is 0 Å². The number of furan rings is 1. The second-order valence-electron chi connectivity index (χ2n) is 7.95. The van der Waals surface area contributed by atoms with Crippen molar-refractivity contribution < 1.29 is 18.7 Å². The van der Waals surface area contributed by atoms with Gasteiger partial charge in [-0.2, -0.15) is 0 Å². The molecule has 1 aromatic heterocycles. The number of nitrogens with one attached hydrogen (secondary N) is 2. The molecular formula is C25H27N3O4. The Bertz CT molecular complexity index is 1030. The van der Waals surface area contributed by atoms with E-state index in [0.29, 0.717) is 30.4 Å². The standard InChI is InChI=1S/C25H27N3O4/c1-31-22-12-10-20(11-13-22)26-24(29)17-28(16-23-3-2-14-32-23)15-18-4-6-19(7-5-18)25(30)27-21-8-9-21/h2-7,10-14,21H,8-9,15-17H2,1H3,(H,26,29)(H,27,30). The van der Waals surface area contributed by atoms with Crippen molar-refractivity contribution in [2.75, 3.05) is 19.0 Å². The molecule has 1 heterocycles. The van der Waals surface area contributed by atoms with Crippen LogP contribution in [0.5, 0.6) is 5.75 Å². The van der Waals surface area contributed by atoms with Crippen LogP contribution in [0.15, 0.2) is 71.3 Å². The van der Waals surface area contributed by atoms with Gasteiger partial charge >= 0.3 is 0 Å². The van der Waals surface area contributed by atoms with E-state index in [9.17, 15) is 9.59 Å². The maximum absolute atomic E-state index is 12.7. The smallest absolute Gasteiger partial charge is 0.251 e. The number of hydrogen-bond donors (Lipinski definition) is 2. The van der Waals surface area contributed by atoms with Gasteiger partial charge in [-0.3, -0.25) is 14.5 Å². The average molecular weight is 434 g/mol. The van der Waals surface area contributed by atoms with E-state index < -0.39 is 0 Å². The second-order valence-corrected chi connectivity index (χ2v) is 7.95. The Labute approximate surface area is 187 Å². The fraction of sp³-hybridized carbons (Fsp3) is 0.280. The summed E-state index contributed by atoms with van der Waals surface area (Å²) in [6.07, 6.45) is 3.74. The predicted molar refractivity (Wildman–Crippen MR) is 121 cm³/mol. The van der Waals surface area contributed by atoms with Crippen molar-refractivity contribution in [1.29, 1.82) is 0 Å². The van der Waals surface area contributed by atoms with Crippen LogP contribution in [-0.2, 0) is 17.9 Å². The van der Waals surface area contributed by atoms with Gasteiger partial charge in [0.15, 0.2) is 0 Å². The Balaban J connectivity index is 1.39. The molecule has 2 N–H and O–H groups in total. The fourth-order valence-corrected chi connectivity index (χ4v) is 3.38. The topological polar surface area (TPSA) is 83.8 Å². The van der Waals surface area contributed by atoms with Crippen LogP contribution in [0.4, 0.5) is 5.69 Å². The number of rotatable bonds is 10. The Morgan fingerprint density at radius 2 is 1.78 bits per heavy atom. The number of methoxy groups -OCH3 is 1. The summed E-state index contributed by atoms with van der Waals surface area (Å²) in [6, 6.07) is 18.8. The normalized spacial score (nSPS) is 13.1. The molecule has 1 aliphatic carbocycles. The zero-order valence-corrected chi connectivity index (χ0v) is 18.0. The van der Waals surface area contributed by atoms with Crippen molar-refractivity contribution in [1.82, 2.24) is 10.2 Å². The van der Waals surface area contributed by atoms with E-state index in [2.05, 4.69) is 10.6 Å². The van der Waals surface area contributed by atoms with Crippen LogP contribution in [-0.4, -0.2) is 36.4 Å². The molecule has 32 heavy (non-hydrogen) atoms. The minimum Gasteiger partial charge on any atom is -0.497 e. The van der Waals surface area contributed by atoms with Crippen molar-refractivity contribution in [3.63, 3.8) is 0 Å². The second kappa shape index (κ2) is 10.2. The van der Waals surface area contributed by atoms with Crippen LogP contribution in [0.25, 0.3) is 0 Å². The molecule has 1 saturated carbocycles. The quantitative estimate of drug-likeness (QED) is 0.508. The third-order valence-electron chi connectivity index (χ3n) is 5.24. The first-order valence-corrected chi connectivity index (χ1v) is 10.7. The van der Waals surface area contributed by atoms with Crippen LogP contribution < -0.4 is 15.4 Å². The van der Waals surface area contributed by atoms with Gasteiger partial charge in [-0.05, 0) is 66.9 Å². The van der Waals surface area contributed by atoms with Gasteiger partial charge in [0.05, 0.1) is 26.5 Å². The maximum atomic E-state index is 12.7. The van der Waals surface area contributed by atoms with Gasteiger partial charge in [0.2, 0.25) is 5.91 Å². The summed E-state index contributed by atoms with van der Waals surface area (Å²) in [7, 11) is 1.60. The molecule has 3 aromatic rings. The molecule has 1 aliphatic rings. The van der Waals surface area contributed by atoms with Crippen LogP contribution in [0.3, 0.4) is 0 Å². The molecular weight excluding hydrogens is 406 g/mol. The molecule has 2 amide bonds. The van der Waals surface area contributed by atoms with Gasteiger partial charge in [-0.1, -0.05) is 12.1 Å². The molecule has 0 aliphatic heterocycles. The minimum atomic E-state index is -0.123. The maximum Gasteiger partial charge on any atom is 0.251 e. The van der Waals surface area contributed by atoms with Gasteiger partial charge in [0.25, 0.3) is 5.91 Å². The molecule has 7 nitrogen and oxygen atoms in total. The van der Waals surface area contributed by atoms with Crippen LogP contribution >= 0.6 is 0 Å². The number of benzene rings is 2. The van der Waals surface area contributed by atoms with E-state index in [-0.39, 0.29) is 18.4 Å². The first kappa shape index (κ1) is 21.6. The van der Waals surface area contributed by atoms with Crippen molar-refractivity contribution in [2.24, 2.45) is 0 Å². The Morgan fingerprint density at radius 3 is 2.41 bits per heavy atom. The van der Waals surface area contributed by atoms with E-state index >= 15 is 0 Å². The highest BCUT2D eigenvalue weighted by atomic mass is 16.5. The molecule has 0 bridgehead atoms. The number of anilines is 1. The number of amides is 2. The number of nitrogens with zero attached hydrogens (tertiary/aromatic N) is 1. The molecule has 0 atom stereocenters. The van der Waals surface area contributed by atoms with Crippen molar-refractivity contribution in [3.05, 3.63) is 83.8 Å². The molecule has 0 radical (unpaired) electrons. The summed E-state index contributed by atoms with van der Waals surface area (Å²) in [5, 5.41) is 5.91. The van der Waals surface area contributed by atoms with Gasteiger partial charge in [0.1, 0.15) is 11.5 Å². The SMILES string of the molecule is COc1ccc(NC(=O)CN(Cc2ccc(C(=O)NC3CC3)cc2)Cc2ccco2)cc1. The average Bonchev–Trinajstić information content (AvgIpc) is 3.46. The lowest BCUT2D eigenvalue weighted by molar-refractivity contribution is -0.117. The summed E-state index contributed by atoms with van der Waals surface area (Å²) in [5.41, 5.74) is 2.37. The summed E-state index contributed by atoms with van der Waals surface area (Å²) < 4.78 is 10.6. The molecule has 166 valence electrons. The largest absolute Gasteiger partial charge is 0.497 e. The monoisotopic (exact) mass is 433 g/mol. The molecule has 0 spiro atoms. The van der Waals surface area contributed by atoms with Crippen molar-refractivity contribution in [3.8, 4) is 5.75 Å². The third-order valence-corrected chi connectivity index (χ3v) is 5.24. The van der Waals surface area contributed by atoms with Crippen molar-refractivity contribution in [2.45, 2.75) is 32.0 Å². The third kappa shape index (κ3) is 6.21. The Morgan fingerprint density at radius 1 is 1.03 bits per heavy atom. The zero-order valence-electron chi connectivity index (χ0n) is 18.0. The fourth-order valence-electron chi connectivity index (χ4n) is 3.38. The summed E-state index contributed by atoms with van der Waals surface area (Å²) in [6.45, 7) is 1.23. The summed E-state index contributed by atoms with van der Waals surface area (Å²) in [4.78, 5) is 26.9. The highest BCUT2D eigenvalue weighted by Crippen LogP contribution is 2.20. The Hall–Kier alpha value is -3.58. The molecule has 1 fully saturated rings. The number of carbonyl (C=O) groups excluding carboxylic acids is 2. The van der Waals surface area contributed by atoms with Gasteiger partial charge in [0, 0.05) is 23.8 Å². The molecule has 0 saturated heterocycles. The number of ether oxygens (including phenoxy) is 1. The number of carbonyl (C=O) groups is 2. The van der Waals surface area contributed by atoms with E-state index in [1.54, 1.807) is 37.6 Å². The molecule has 4 rings (SSSR count). The van der Waals surface area contributed by atoms with E-state index in [4.69, 9.17) is 9.15 Å². The van der Waals surface area contributed by atoms with Crippen molar-refractivity contribution >= 4 is 17.5 Å². The van der Waals surface area contributed by atoms with Crippen LogP contribution in [0, 0.1) is 0 Å². The first-order valence-electron chi connectivity index (χ1n) is 10.7. The van der Waals surface area contributed by atoms with Gasteiger partial charge < -0.3 is 19.8 Å². The lowest BCUT2D eigenvalue weighted by Gasteiger charge is -2.21. The van der Waals surface area contributed by atoms with Crippen LogP contribution in [0.2, 0.25) is 0 Å². The highest BCUT2D eigenvalue weighted by Gasteiger charge is 2.23. The molecule has 0 unspecified atom stereocenters. The number of hydrogen-bond acceptors (Lipinski definition) is 5. The molecule has 2 aromatic carbocycles. The first-order chi connectivity index (χ1) is 15.6. The highest BCUT2D eigenvalue weighted by molar-refractivity contribution is 5.94. The predicted octanol–water partition coefficient (Wildman–Crippen LogP) is 3.82. The van der Waals surface area contributed by atoms with E-state index in [1.165, 1.54) is 0 Å². The Kier molecular flexibility index (Phi) is 6.87. The zero-order chi connectivity index (χ0) is 22.3. The summed E-state index contributed by atoms with van der Waals surface area (Å²) >= 11 is 0. The molecule has 7 heteroatoms. The lowest BCUT2D eigenvalue weighted by Crippen LogP contribution is -2.32. The minimum absolute atomic E-state index is 0.0367. The van der Waals surface area contributed by atoms with E-state index in [0.717, 1.165) is 29.9 Å². The summed E-state index contributed by atoms with van der Waals surface area (Å²) in [5.74, 6) is 1.35. The lowest BCUT2D eigenvalue weighted by atomic mass is 10.1. The van der Waals surface area contributed by atoms with E-state index in [1.807, 2.05) is 41.3 Å². The van der Waals surface area contributed by atoms with Gasteiger partial charge in [-0.15, -0.1) is 0 Å². The van der Waals surface area contributed by atoms with Crippen LogP contribution in [0.1, 0.15) is 34.5 Å².